The second-order valence-electron chi connectivity index (χ2n) is 4.24. The minimum Gasteiger partial charge on any atom is -0.465 e. The van der Waals surface area contributed by atoms with Gasteiger partial charge >= 0.3 is 5.97 Å². The van der Waals surface area contributed by atoms with Crippen LogP contribution in [0, 0.1) is 11.8 Å². The first-order valence-corrected chi connectivity index (χ1v) is 6.72. The van der Waals surface area contributed by atoms with E-state index >= 15 is 0 Å². The summed E-state index contributed by atoms with van der Waals surface area (Å²) >= 11 is 1.50. The molecule has 1 fully saturated rings. The smallest absolute Gasteiger partial charge is 0.316 e. The maximum atomic E-state index is 11.2. The molecule has 2 unspecified atom stereocenters. The van der Waals surface area contributed by atoms with E-state index in [4.69, 9.17) is 4.74 Å². The summed E-state index contributed by atoms with van der Waals surface area (Å²) < 4.78 is 4.88. The summed E-state index contributed by atoms with van der Waals surface area (Å²) in [5.41, 5.74) is 0.950. The van der Waals surface area contributed by atoms with Gasteiger partial charge in [0.05, 0.1) is 12.4 Å². The molecule has 88 valence electrons. The first-order valence-electron chi connectivity index (χ1n) is 5.74. The van der Waals surface area contributed by atoms with Crippen molar-refractivity contribution in [1.82, 2.24) is 0 Å². The predicted octanol–water partition coefficient (Wildman–Crippen LogP) is 2.17. The van der Waals surface area contributed by atoms with Gasteiger partial charge in [-0.2, -0.15) is 0 Å². The van der Waals surface area contributed by atoms with E-state index in [1.807, 2.05) is 0 Å². The van der Waals surface area contributed by atoms with Gasteiger partial charge in [-0.1, -0.05) is 0 Å². The van der Waals surface area contributed by atoms with Crippen LogP contribution >= 0.6 is 11.8 Å². The van der Waals surface area contributed by atoms with E-state index in [-0.39, 0.29) is 5.97 Å². The first-order chi connectivity index (χ1) is 7.76. The third kappa shape index (κ3) is 2.17. The van der Waals surface area contributed by atoms with Gasteiger partial charge in [0, 0.05) is 5.57 Å². The number of fused-ring (bicyclic) bond motifs is 2. The standard InChI is InChI=1S/C12H16O3S/c1-2-15-11(14)7-16-12-9-4-3-8(5-9)10(12)6-13/h6,8-9H,2-5,7H2,1H3. The molecule has 0 aromatic heterocycles. The normalized spacial score (nSPS) is 27.3. The van der Waals surface area contributed by atoms with Crippen molar-refractivity contribution in [3.05, 3.63) is 10.5 Å². The highest BCUT2D eigenvalue weighted by atomic mass is 32.2. The van der Waals surface area contributed by atoms with Crippen LogP contribution in [0.3, 0.4) is 0 Å². The highest BCUT2D eigenvalue weighted by Crippen LogP contribution is 2.51. The number of ether oxygens (including phenoxy) is 1. The SMILES string of the molecule is CCOC(=O)CSC1=C(C=O)C2CCC1C2. The van der Waals surface area contributed by atoms with Crippen LogP contribution < -0.4 is 0 Å². The lowest BCUT2D eigenvalue weighted by Gasteiger charge is -2.15. The molecule has 2 aliphatic rings. The highest BCUT2D eigenvalue weighted by Gasteiger charge is 2.39. The zero-order chi connectivity index (χ0) is 11.5. The van der Waals surface area contributed by atoms with Gasteiger partial charge in [0.15, 0.2) is 0 Å². The molecule has 0 aromatic rings. The van der Waals surface area contributed by atoms with Crippen LogP contribution in [0.4, 0.5) is 0 Å². The van der Waals surface area contributed by atoms with Crippen LogP contribution in [0.15, 0.2) is 10.5 Å². The lowest BCUT2D eigenvalue weighted by atomic mass is 10.00. The fraction of sp³-hybridized carbons (Fsp3) is 0.667. The second-order valence-corrected chi connectivity index (χ2v) is 5.26. The summed E-state index contributed by atoms with van der Waals surface area (Å²) in [6.45, 7) is 2.22. The topological polar surface area (TPSA) is 43.4 Å². The summed E-state index contributed by atoms with van der Waals surface area (Å²) in [4.78, 5) is 23.4. The predicted molar refractivity (Wildman–Crippen MR) is 63.0 cm³/mol. The molecule has 2 aliphatic carbocycles. The lowest BCUT2D eigenvalue weighted by Crippen LogP contribution is -2.09. The van der Waals surface area contributed by atoms with Crippen molar-refractivity contribution in [2.24, 2.45) is 11.8 Å². The fourth-order valence-corrected chi connectivity index (χ4v) is 3.82. The van der Waals surface area contributed by atoms with Gasteiger partial charge in [-0.3, -0.25) is 9.59 Å². The Kier molecular flexibility index (Phi) is 3.69. The van der Waals surface area contributed by atoms with Crippen molar-refractivity contribution in [1.29, 1.82) is 0 Å². The third-order valence-electron chi connectivity index (χ3n) is 3.31. The maximum absolute atomic E-state index is 11.2. The Morgan fingerprint density at radius 1 is 1.50 bits per heavy atom. The van der Waals surface area contributed by atoms with Crippen molar-refractivity contribution in [2.75, 3.05) is 12.4 Å². The van der Waals surface area contributed by atoms with E-state index < -0.39 is 0 Å². The molecule has 2 atom stereocenters. The summed E-state index contributed by atoms with van der Waals surface area (Å²) in [6.07, 6.45) is 4.41. The molecule has 4 heteroatoms. The largest absolute Gasteiger partial charge is 0.465 e. The van der Waals surface area contributed by atoms with Crippen molar-refractivity contribution >= 4 is 24.0 Å². The molecule has 2 rings (SSSR count). The van der Waals surface area contributed by atoms with Crippen LogP contribution in [0.25, 0.3) is 0 Å². The van der Waals surface area contributed by atoms with Crippen molar-refractivity contribution in [2.45, 2.75) is 26.2 Å². The summed E-state index contributed by atoms with van der Waals surface area (Å²) in [6, 6.07) is 0. The molecule has 0 spiro atoms. The van der Waals surface area contributed by atoms with E-state index in [0.717, 1.165) is 29.6 Å². The van der Waals surface area contributed by atoms with Crippen molar-refractivity contribution in [3.8, 4) is 0 Å². The number of hydrogen-bond donors (Lipinski definition) is 0. The Morgan fingerprint density at radius 2 is 2.25 bits per heavy atom. The monoisotopic (exact) mass is 240 g/mol. The number of carbonyl (C=O) groups excluding carboxylic acids is 2. The summed E-state index contributed by atoms with van der Waals surface area (Å²) in [7, 11) is 0. The molecule has 2 bridgehead atoms. The Hall–Kier alpha value is -0.770. The molecule has 0 saturated heterocycles. The van der Waals surface area contributed by atoms with Gasteiger partial charge in [-0.15, -0.1) is 11.8 Å². The Bertz CT molecular complexity index is 335. The van der Waals surface area contributed by atoms with Gasteiger partial charge in [-0.25, -0.2) is 0 Å². The van der Waals surface area contributed by atoms with Gasteiger partial charge < -0.3 is 4.74 Å². The molecule has 1 saturated carbocycles. The number of thioether (sulfide) groups is 1. The number of carbonyl (C=O) groups is 2. The number of hydrogen-bond acceptors (Lipinski definition) is 4. The highest BCUT2D eigenvalue weighted by molar-refractivity contribution is 8.03. The Morgan fingerprint density at radius 3 is 2.94 bits per heavy atom. The number of esters is 1. The number of aldehydes is 1. The van der Waals surface area contributed by atoms with Gasteiger partial charge in [0.2, 0.25) is 0 Å². The fourth-order valence-electron chi connectivity index (χ4n) is 2.63. The average molecular weight is 240 g/mol. The van der Waals surface area contributed by atoms with Gasteiger partial charge in [0.1, 0.15) is 6.29 Å². The molecule has 0 aliphatic heterocycles. The average Bonchev–Trinajstić information content (AvgIpc) is 2.86. The molecular formula is C12H16O3S. The van der Waals surface area contributed by atoms with Crippen molar-refractivity contribution in [3.63, 3.8) is 0 Å². The molecule has 3 nitrogen and oxygen atoms in total. The van der Waals surface area contributed by atoms with Crippen LogP contribution in [-0.4, -0.2) is 24.6 Å². The number of allylic oxidation sites excluding steroid dienone is 2. The Labute approximate surface area is 99.6 Å². The molecule has 0 heterocycles. The molecular weight excluding hydrogens is 224 g/mol. The maximum Gasteiger partial charge on any atom is 0.316 e. The van der Waals surface area contributed by atoms with Crippen molar-refractivity contribution < 1.29 is 14.3 Å². The van der Waals surface area contributed by atoms with Crippen LogP contribution in [0.2, 0.25) is 0 Å². The molecule has 0 radical (unpaired) electrons. The first kappa shape index (κ1) is 11.7. The van der Waals surface area contributed by atoms with Crippen LogP contribution in [0.5, 0.6) is 0 Å². The zero-order valence-electron chi connectivity index (χ0n) is 9.40. The van der Waals surface area contributed by atoms with Gasteiger partial charge in [-0.05, 0) is 42.9 Å². The molecule has 0 N–H and O–H groups in total. The zero-order valence-corrected chi connectivity index (χ0v) is 10.2. The Balaban J connectivity index is 1.96. The van der Waals surface area contributed by atoms with E-state index in [2.05, 4.69) is 0 Å². The second kappa shape index (κ2) is 5.04. The quantitative estimate of drug-likeness (QED) is 0.545. The van der Waals surface area contributed by atoms with Crippen LogP contribution in [-0.2, 0) is 14.3 Å². The number of rotatable bonds is 5. The molecule has 0 amide bonds. The van der Waals surface area contributed by atoms with Gasteiger partial charge in [0.25, 0.3) is 0 Å². The third-order valence-corrected chi connectivity index (χ3v) is 4.57. The minimum absolute atomic E-state index is 0.187. The van der Waals surface area contributed by atoms with Crippen LogP contribution in [0.1, 0.15) is 26.2 Å². The lowest BCUT2D eigenvalue weighted by molar-refractivity contribution is -0.139. The molecule has 16 heavy (non-hydrogen) atoms. The van der Waals surface area contributed by atoms with E-state index in [1.165, 1.54) is 18.2 Å². The van der Waals surface area contributed by atoms with E-state index in [9.17, 15) is 9.59 Å². The summed E-state index contributed by atoms with van der Waals surface area (Å²) in [5.74, 6) is 1.15. The van der Waals surface area contributed by atoms with E-state index in [0.29, 0.717) is 24.2 Å². The molecule has 0 aromatic carbocycles. The summed E-state index contributed by atoms with van der Waals surface area (Å²) in [5, 5.41) is 0. The minimum atomic E-state index is -0.187. The van der Waals surface area contributed by atoms with E-state index in [1.54, 1.807) is 6.92 Å².